The summed E-state index contributed by atoms with van der Waals surface area (Å²) < 4.78 is 1.08. The van der Waals surface area contributed by atoms with Crippen molar-refractivity contribution in [3.05, 3.63) is 63.1 Å². The maximum absolute atomic E-state index is 12.1. The summed E-state index contributed by atoms with van der Waals surface area (Å²) >= 11 is 1.56. The van der Waals surface area contributed by atoms with E-state index in [1.165, 1.54) is 6.07 Å². The Morgan fingerprint density at radius 2 is 2.04 bits per heavy atom. The zero-order valence-corrected chi connectivity index (χ0v) is 16.1. The molecule has 0 aliphatic heterocycles. The van der Waals surface area contributed by atoms with Gasteiger partial charge in [-0.15, -0.1) is 11.3 Å². The Labute approximate surface area is 160 Å². The lowest BCUT2D eigenvalue weighted by molar-refractivity contribution is -0.384. The van der Waals surface area contributed by atoms with E-state index in [0.29, 0.717) is 12.2 Å². The number of nitro groups is 1. The number of rotatable bonds is 6. The molecule has 0 radical (unpaired) electrons. The Balaban J connectivity index is 1.87. The molecule has 0 saturated heterocycles. The molecule has 2 aromatic carbocycles. The van der Waals surface area contributed by atoms with Crippen molar-refractivity contribution in [2.75, 3.05) is 11.9 Å². The largest absolute Gasteiger partial charge is 0.362 e. The first-order chi connectivity index (χ1) is 12.8. The molecule has 0 spiro atoms. The van der Waals surface area contributed by atoms with Gasteiger partial charge in [0, 0.05) is 24.7 Å². The molecular formula is C19H20N4O3S. The van der Waals surface area contributed by atoms with Gasteiger partial charge in [-0.05, 0) is 38.1 Å². The third-order valence-electron chi connectivity index (χ3n) is 3.98. The van der Waals surface area contributed by atoms with Crippen LogP contribution in [0, 0.1) is 10.1 Å². The highest BCUT2D eigenvalue weighted by atomic mass is 32.1. The number of nitro benzene ring substituents is 1. The summed E-state index contributed by atoms with van der Waals surface area (Å²) in [7, 11) is 1.78. The molecule has 0 bridgehead atoms. The highest BCUT2D eigenvalue weighted by molar-refractivity contribution is 7.18. The fourth-order valence-corrected chi connectivity index (χ4v) is 3.78. The van der Waals surface area contributed by atoms with Crippen molar-refractivity contribution in [3.8, 4) is 0 Å². The second kappa shape index (κ2) is 7.71. The lowest BCUT2D eigenvalue weighted by atomic mass is 10.1. The van der Waals surface area contributed by atoms with Gasteiger partial charge in [-0.2, -0.15) is 0 Å². The molecule has 0 saturated carbocycles. The van der Waals surface area contributed by atoms with E-state index in [2.05, 4.69) is 10.3 Å². The molecule has 8 heteroatoms. The summed E-state index contributed by atoms with van der Waals surface area (Å²) in [6.45, 7) is 4.12. The Morgan fingerprint density at radius 3 is 2.70 bits per heavy atom. The van der Waals surface area contributed by atoms with Crippen LogP contribution in [0.2, 0.25) is 0 Å². The van der Waals surface area contributed by atoms with Crippen LogP contribution in [-0.2, 0) is 6.54 Å². The van der Waals surface area contributed by atoms with Crippen LogP contribution in [0.25, 0.3) is 10.2 Å². The van der Waals surface area contributed by atoms with E-state index in [4.69, 9.17) is 0 Å². The first kappa shape index (κ1) is 18.8. The van der Waals surface area contributed by atoms with Crippen molar-refractivity contribution in [2.24, 2.45) is 0 Å². The van der Waals surface area contributed by atoms with Crippen LogP contribution >= 0.6 is 11.3 Å². The monoisotopic (exact) mass is 384 g/mol. The minimum Gasteiger partial charge on any atom is -0.362 e. The maximum Gasteiger partial charge on any atom is 0.293 e. The number of nitrogens with zero attached hydrogens (tertiary/aromatic N) is 3. The van der Waals surface area contributed by atoms with Gasteiger partial charge in [0.1, 0.15) is 10.7 Å². The SMILES string of the molecule is CC(C)NC(=O)c1ccc(N(C)Cc2nc3ccccc3s2)c([N+](=O)[O-])c1. The van der Waals surface area contributed by atoms with Crippen LogP contribution in [0.4, 0.5) is 11.4 Å². The predicted molar refractivity (Wildman–Crippen MR) is 107 cm³/mol. The number of anilines is 1. The zero-order chi connectivity index (χ0) is 19.6. The summed E-state index contributed by atoms with van der Waals surface area (Å²) in [4.78, 5) is 29.6. The number of amides is 1. The van der Waals surface area contributed by atoms with E-state index in [0.717, 1.165) is 15.2 Å². The topological polar surface area (TPSA) is 88.4 Å². The average molecular weight is 384 g/mol. The minimum atomic E-state index is -0.462. The number of carbonyl (C=O) groups excluding carboxylic acids is 1. The molecule has 0 fully saturated rings. The fraction of sp³-hybridized carbons (Fsp3) is 0.263. The number of aromatic nitrogens is 1. The molecular weight excluding hydrogens is 364 g/mol. The lowest BCUT2D eigenvalue weighted by Crippen LogP contribution is -2.30. The highest BCUT2D eigenvalue weighted by Gasteiger charge is 2.21. The van der Waals surface area contributed by atoms with Gasteiger partial charge in [-0.1, -0.05) is 12.1 Å². The van der Waals surface area contributed by atoms with E-state index in [1.54, 1.807) is 35.4 Å². The number of fused-ring (bicyclic) bond motifs is 1. The van der Waals surface area contributed by atoms with Crippen molar-refractivity contribution >= 4 is 38.8 Å². The zero-order valence-electron chi connectivity index (χ0n) is 15.3. The molecule has 0 unspecified atom stereocenters. The summed E-state index contributed by atoms with van der Waals surface area (Å²) in [6.07, 6.45) is 0. The van der Waals surface area contributed by atoms with Crippen LogP contribution < -0.4 is 10.2 Å². The predicted octanol–water partition coefficient (Wildman–Crippen LogP) is 3.98. The molecule has 1 amide bonds. The molecule has 1 aromatic heterocycles. The number of benzene rings is 2. The Hall–Kier alpha value is -3.00. The number of hydrogen-bond acceptors (Lipinski definition) is 6. The van der Waals surface area contributed by atoms with Crippen molar-refractivity contribution in [3.63, 3.8) is 0 Å². The van der Waals surface area contributed by atoms with E-state index in [9.17, 15) is 14.9 Å². The Bertz CT molecular complexity index is 967. The van der Waals surface area contributed by atoms with Gasteiger partial charge in [0.05, 0.1) is 21.7 Å². The van der Waals surface area contributed by atoms with Gasteiger partial charge in [-0.3, -0.25) is 14.9 Å². The van der Waals surface area contributed by atoms with Gasteiger partial charge in [0.25, 0.3) is 11.6 Å². The second-order valence-corrected chi connectivity index (χ2v) is 7.64. The molecule has 3 rings (SSSR count). The van der Waals surface area contributed by atoms with E-state index in [1.807, 2.05) is 38.1 Å². The van der Waals surface area contributed by atoms with Crippen LogP contribution in [0.5, 0.6) is 0 Å². The van der Waals surface area contributed by atoms with E-state index >= 15 is 0 Å². The van der Waals surface area contributed by atoms with Gasteiger partial charge in [-0.25, -0.2) is 4.98 Å². The van der Waals surface area contributed by atoms with Crippen LogP contribution in [0.15, 0.2) is 42.5 Å². The molecule has 0 aliphatic rings. The Kier molecular flexibility index (Phi) is 5.36. The van der Waals surface area contributed by atoms with Crippen molar-refractivity contribution in [2.45, 2.75) is 26.4 Å². The molecule has 140 valence electrons. The van der Waals surface area contributed by atoms with Crippen LogP contribution in [0.3, 0.4) is 0 Å². The number of nitrogens with one attached hydrogen (secondary N) is 1. The number of thiazole rings is 1. The molecule has 7 nitrogen and oxygen atoms in total. The van der Waals surface area contributed by atoms with E-state index in [-0.39, 0.29) is 23.2 Å². The summed E-state index contributed by atoms with van der Waals surface area (Å²) in [6, 6.07) is 12.3. The van der Waals surface area contributed by atoms with Gasteiger partial charge < -0.3 is 10.2 Å². The molecule has 3 aromatic rings. The quantitative estimate of drug-likeness (QED) is 0.513. The van der Waals surface area contributed by atoms with Crippen molar-refractivity contribution in [1.82, 2.24) is 10.3 Å². The Morgan fingerprint density at radius 1 is 1.30 bits per heavy atom. The molecule has 0 aliphatic carbocycles. The minimum absolute atomic E-state index is 0.0436. The summed E-state index contributed by atoms with van der Waals surface area (Å²) in [5.41, 5.74) is 1.53. The van der Waals surface area contributed by atoms with Crippen molar-refractivity contribution < 1.29 is 9.72 Å². The second-order valence-electron chi connectivity index (χ2n) is 6.52. The number of carbonyl (C=O) groups is 1. The summed E-state index contributed by atoms with van der Waals surface area (Å²) in [5.74, 6) is -0.325. The standard InChI is InChI=1S/C19H20N4O3S/c1-12(2)20-19(24)13-8-9-15(16(10-13)23(25)26)22(3)11-18-21-14-6-4-5-7-17(14)27-18/h4-10,12H,11H2,1-3H3,(H,20,24). The normalized spacial score (nSPS) is 11.0. The van der Waals surface area contributed by atoms with Crippen molar-refractivity contribution in [1.29, 1.82) is 0 Å². The molecule has 1 heterocycles. The third kappa shape index (κ3) is 4.22. The molecule has 1 N–H and O–H groups in total. The average Bonchev–Trinajstić information content (AvgIpc) is 3.02. The van der Waals surface area contributed by atoms with Gasteiger partial charge in [0.2, 0.25) is 0 Å². The smallest absolute Gasteiger partial charge is 0.293 e. The molecule has 0 atom stereocenters. The fourth-order valence-electron chi connectivity index (χ4n) is 2.75. The summed E-state index contributed by atoms with van der Waals surface area (Å²) in [5, 5.41) is 15.2. The lowest BCUT2D eigenvalue weighted by Gasteiger charge is -2.18. The first-order valence-electron chi connectivity index (χ1n) is 8.50. The third-order valence-corrected chi connectivity index (χ3v) is 5.00. The van der Waals surface area contributed by atoms with Gasteiger partial charge >= 0.3 is 0 Å². The van der Waals surface area contributed by atoms with Crippen LogP contribution in [-0.4, -0.2) is 28.9 Å². The first-order valence-corrected chi connectivity index (χ1v) is 9.31. The van der Waals surface area contributed by atoms with E-state index < -0.39 is 4.92 Å². The highest BCUT2D eigenvalue weighted by Crippen LogP contribution is 2.31. The number of hydrogen-bond donors (Lipinski definition) is 1. The van der Waals surface area contributed by atoms with Crippen LogP contribution in [0.1, 0.15) is 29.2 Å². The maximum atomic E-state index is 12.1. The number of para-hydroxylation sites is 1. The molecule has 27 heavy (non-hydrogen) atoms. The van der Waals surface area contributed by atoms with Gasteiger partial charge in [0.15, 0.2) is 0 Å².